The Labute approximate surface area is 183 Å². The van der Waals surface area contributed by atoms with E-state index in [2.05, 4.69) is 15.3 Å². The van der Waals surface area contributed by atoms with Gasteiger partial charge in [-0.25, -0.2) is 4.98 Å². The van der Waals surface area contributed by atoms with Crippen molar-refractivity contribution in [1.29, 1.82) is 5.41 Å². The maximum atomic E-state index is 13.2. The van der Waals surface area contributed by atoms with Gasteiger partial charge in [0.2, 0.25) is 0 Å². The molecule has 0 unspecified atom stereocenters. The molecule has 0 atom stereocenters. The number of ether oxygens (including phenoxy) is 1. The summed E-state index contributed by atoms with van der Waals surface area (Å²) in [6.45, 7) is 3.77. The quantitative estimate of drug-likeness (QED) is 0.325. The average Bonchev–Trinajstić information content (AvgIpc) is 2.81. The largest absolute Gasteiger partial charge is 0.382 e. The first-order chi connectivity index (χ1) is 15.6. The van der Waals surface area contributed by atoms with Crippen molar-refractivity contribution in [2.24, 2.45) is 0 Å². The summed E-state index contributed by atoms with van der Waals surface area (Å²) in [5.74, 6) is -0.408. The summed E-state index contributed by atoms with van der Waals surface area (Å²) in [4.78, 5) is 34.8. The zero-order chi connectivity index (χ0) is 22.5. The standard InChI is InChI=1S/C23H24N6O3/c1-2-32-13-5-9-26-22(30)17-14-18-21(27-19-6-3-4-12-28(19)23(18)31)29(20(17)24)15-16-7-10-25-11-8-16/h3-4,6-8,10-12,14,24H,2,5,9,13,15H2,1H3,(H,26,30). The number of rotatable bonds is 8. The monoisotopic (exact) mass is 432 g/mol. The minimum atomic E-state index is -0.408. The Morgan fingerprint density at radius 3 is 2.81 bits per heavy atom. The van der Waals surface area contributed by atoms with Gasteiger partial charge in [0.1, 0.15) is 16.8 Å². The Kier molecular flexibility index (Phi) is 6.37. The van der Waals surface area contributed by atoms with E-state index in [-0.39, 0.29) is 28.5 Å². The van der Waals surface area contributed by atoms with Gasteiger partial charge in [0, 0.05) is 38.3 Å². The van der Waals surface area contributed by atoms with Gasteiger partial charge in [-0.3, -0.25) is 24.4 Å². The van der Waals surface area contributed by atoms with Crippen molar-refractivity contribution in [2.75, 3.05) is 19.8 Å². The first kappa shape index (κ1) is 21.4. The Balaban J connectivity index is 1.84. The maximum absolute atomic E-state index is 13.2. The van der Waals surface area contributed by atoms with Gasteiger partial charge < -0.3 is 14.6 Å². The topological polar surface area (TPSA) is 114 Å². The van der Waals surface area contributed by atoms with E-state index < -0.39 is 5.91 Å². The van der Waals surface area contributed by atoms with E-state index in [0.717, 1.165) is 5.56 Å². The highest BCUT2D eigenvalue weighted by Crippen LogP contribution is 2.12. The number of fused-ring (bicyclic) bond motifs is 2. The number of nitrogens with zero attached hydrogens (tertiary/aromatic N) is 4. The molecule has 4 aromatic heterocycles. The van der Waals surface area contributed by atoms with Crippen LogP contribution >= 0.6 is 0 Å². The fourth-order valence-corrected chi connectivity index (χ4v) is 3.50. The Hall–Kier alpha value is -3.85. The van der Waals surface area contributed by atoms with E-state index in [1.54, 1.807) is 41.4 Å². The lowest BCUT2D eigenvalue weighted by Gasteiger charge is -2.15. The average molecular weight is 432 g/mol. The molecule has 0 fully saturated rings. The zero-order valence-corrected chi connectivity index (χ0v) is 17.7. The van der Waals surface area contributed by atoms with Gasteiger partial charge in [-0.2, -0.15) is 0 Å². The molecule has 4 rings (SSSR count). The number of amides is 1. The van der Waals surface area contributed by atoms with Crippen LogP contribution in [0, 0.1) is 5.41 Å². The SMILES string of the molecule is CCOCCCNC(=O)c1cc2c(=O)n3ccccc3nc2n(Cc2ccncc2)c1=N. The molecule has 0 aromatic carbocycles. The molecule has 164 valence electrons. The van der Waals surface area contributed by atoms with Gasteiger partial charge >= 0.3 is 0 Å². The number of hydrogen-bond acceptors (Lipinski definition) is 6. The molecule has 0 aliphatic carbocycles. The third-order valence-corrected chi connectivity index (χ3v) is 5.11. The molecule has 1 amide bonds. The van der Waals surface area contributed by atoms with E-state index in [4.69, 9.17) is 10.1 Å². The van der Waals surface area contributed by atoms with Crippen LogP contribution < -0.4 is 16.4 Å². The summed E-state index contributed by atoms with van der Waals surface area (Å²) < 4.78 is 8.32. The van der Waals surface area contributed by atoms with Crippen molar-refractivity contribution in [3.05, 3.63) is 82.0 Å². The lowest BCUT2D eigenvalue weighted by atomic mass is 10.1. The molecule has 0 saturated carbocycles. The number of nitrogens with one attached hydrogen (secondary N) is 2. The van der Waals surface area contributed by atoms with E-state index in [1.165, 1.54) is 10.5 Å². The summed E-state index contributed by atoms with van der Waals surface area (Å²) in [6.07, 6.45) is 5.62. The number of carbonyl (C=O) groups excluding carboxylic acids is 1. The summed E-state index contributed by atoms with van der Waals surface area (Å²) in [5.41, 5.74) is 1.53. The molecule has 0 spiro atoms. The van der Waals surface area contributed by atoms with E-state index in [9.17, 15) is 9.59 Å². The predicted octanol–water partition coefficient (Wildman–Crippen LogP) is 1.73. The Bertz CT molecular complexity index is 1380. The molecular weight excluding hydrogens is 408 g/mol. The fraction of sp³-hybridized carbons (Fsp3) is 0.261. The highest BCUT2D eigenvalue weighted by atomic mass is 16.5. The Morgan fingerprint density at radius 2 is 2.03 bits per heavy atom. The van der Waals surface area contributed by atoms with Crippen molar-refractivity contribution in [2.45, 2.75) is 19.9 Å². The van der Waals surface area contributed by atoms with Gasteiger partial charge in [-0.15, -0.1) is 0 Å². The third kappa shape index (κ3) is 4.28. The van der Waals surface area contributed by atoms with E-state index in [1.807, 2.05) is 19.1 Å². The van der Waals surface area contributed by atoms with Gasteiger partial charge in [0.15, 0.2) is 0 Å². The normalized spacial score (nSPS) is 11.2. The van der Waals surface area contributed by atoms with E-state index >= 15 is 0 Å². The van der Waals surface area contributed by atoms with Crippen LogP contribution in [0.1, 0.15) is 29.3 Å². The smallest absolute Gasteiger partial charge is 0.267 e. The van der Waals surface area contributed by atoms with Crippen molar-refractivity contribution in [3.63, 3.8) is 0 Å². The van der Waals surface area contributed by atoms with Crippen LogP contribution in [0.25, 0.3) is 16.7 Å². The number of aromatic nitrogens is 4. The molecule has 0 aliphatic rings. The molecule has 4 aromatic rings. The van der Waals surface area contributed by atoms with Crippen LogP contribution in [-0.4, -0.2) is 44.6 Å². The lowest BCUT2D eigenvalue weighted by Crippen LogP contribution is -2.35. The molecule has 0 radical (unpaired) electrons. The second-order valence-corrected chi connectivity index (χ2v) is 7.24. The van der Waals surface area contributed by atoms with Crippen LogP contribution in [0.4, 0.5) is 0 Å². The highest BCUT2D eigenvalue weighted by molar-refractivity contribution is 5.96. The van der Waals surface area contributed by atoms with Gasteiger partial charge in [-0.1, -0.05) is 6.07 Å². The third-order valence-electron chi connectivity index (χ3n) is 5.11. The first-order valence-corrected chi connectivity index (χ1v) is 10.4. The van der Waals surface area contributed by atoms with E-state index in [0.29, 0.717) is 37.5 Å². The van der Waals surface area contributed by atoms with Crippen molar-refractivity contribution in [3.8, 4) is 0 Å². The van der Waals surface area contributed by atoms with Crippen LogP contribution in [0.5, 0.6) is 0 Å². The first-order valence-electron chi connectivity index (χ1n) is 10.4. The summed E-state index contributed by atoms with van der Waals surface area (Å²) in [6, 6.07) is 10.4. The number of carbonyl (C=O) groups is 1. The van der Waals surface area contributed by atoms with Crippen LogP contribution in [0.2, 0.25) is 0 Å². The molecule has 0 saturated heterocycles. The molecule has 2 N–H and O–H groups in total. The van der Waals surface area contributed by atoms with Gasteiger partial charge in [-0.05, 0) is 49.2 Å². The van der Waals surface area contributed by atoms with Crippen molar-refractivity contribution >= 4 is 22.6 Å². The number of pyridine rings is 3. The molecule has 4 heterocycles. The van der Waals surface area contributed by atoms with Crippen molar-refractivity contribution in [1.82, 2.24) is 24.3 Å². The van der Waals surface area contributed by atoms with Crippen molar-refractivity contribution < 1.29 is 9.53 Å². The maximum Gasteiger partial charge on any atom is 0.267 e. The highest BCUT2D eigenvalue weighted by Gasteiger charge is 2.17. The number of hydrogen-bond donors (Lipinski definition) is 2. The molecule has 0 aliphatic heterocycles. The fourth-order valence-electron chi connectivity index (χ4n) is 3.50. The lowest BCUT2D eigenvalue weighted by molar-refractivity contribution is 0.0942. The predicted molar refractivity (Wildman–Crippen MR) is 120 cm³/mol. The van der Waals surface area contributed by atoms with Crippen LogP contribution in [0.3, 0.4) is 0 Å². The molecule has 9 heteroatoms. The minimum absolute atomic E-state index is 0.0104. The summed E-state index contributed by atoms with van der Waals surface area (Å²) in [7, 11) is 0. The van der Waals surface area contributed by atoms with Gasteiger partial charge in [0.05, 0.1) is 17.5 Å². The zero-order valence-electron chi connectivity index (χ0n) is 17.7. The van der Waals surface area contributed by atoms with Crippen LogP contribution in [-0.2, 0) is 11.3 Å². The Morgan fingerprint density at radius 1 is 1.22 bits per heavy atom. The second-order valence-electron chi connectivity index (χ2n) is 7.24. The molecule has 0 bridgehead atoms. The molecule has 32 heavy (non-hydrogen) atoms. The molecular formula is C23H24N6O3. The van der Waals surface area contributed by atoms with Crippen LogP contribution in [0.15, 0.2) is 59.8 Å². The second kappa shape index (κ2) is 9.52. The summed E-state index contributed by atoms with van der Waals surface area (Å²) in [5, 5.41) is 11.8. The van der Waals surface area contributed by atoms with Gasteiger partial charge in [0.25, 0.3) is 11.5 Å². The summed E-state index contributed by atoms with van der Waals surface area (Å²) >= 11 is 0. The molecule has 9 nitrogen and oxygen atoms in total. The minimum Gasteiger partial charge on any atom is -0.382 e.